The van der Waals surface area contributed by atoms with Crippen LogP contribution < -0.4 is 0 Å². The van der Waals surface area contributed by atoms with E-state index in [-0.39, 0.29) is 177 Å². The van der Waals surface area contributed by atoms with E-state index in [1.54, 1.807) is 0 Å². The third-order valence-electron chi connectivity index (χ3n) is 32.0. The van der Waals surface area contributed by atoms with Crippen LogP contribution in [0.25, 0.3) is 0 Å². The highest BCUT2D eigenvalue weighted by molar-refractivity contribution is 6.74. The van der Waals surface area contributed by atoms with Gasteiger partial charge in [-0.25, -0.2) is 0 Å². The van der Waals surface area contributed by atoms with Crippen LogP contribution in [0, 0.1) is 59.2 Å². The van der Waals surface area contributed by atoms with Crippen molar-refractivity contribution >= 4 is 28.9 Å². The maximum atomic E-state index is 9.46. The molecule has 23 heteroatoms. The van der Waals surface area contributed by atoms with Crippen molar-refractivity contribution in [3.05, 3.63) is 61.3 Å². The Bertz CT molecular complexity index is 3310. The number of ether oxygens (including phenoxy) is 14. The second kappa shape index (κ2) is 43.3. The summed E-state index contributed by atoms with van der Waals surface area (Å²) in [5.74, 6) is 3.06. The highest BCUT2D eigenvalue weighted by atomic mass is 28.4. The fourth-order valence-corrected chi connectivity index (χ4v) is 29.5. The Labute approximate surface area is 717 Å². The van der Waals surface area contributed by atoms with Gasteiger partial charge in [0.05, 0.1) is 110 Å². The summed E-state index contributed by atoms with van der Waals surface area (Å²) in [5, 5.41) is 9.46. The van der Waals surface area contributed by atoms with Crippen LogP contribution in [-0.2, 0) is 94.3 Å². The number of aliphatic hydroxyl groups excluding tert-OH is 1. The molecule has 4 unspecified atom stereocenters. The molecule has 16 heterocycles. The molecule has 0 spiro atoms. The van der Waals surface area contributed by atoms with Gasteiger partial charge in [0.15, 0.2) is 28.2 Å². The summed E-state index contributed by atoms with van der Waals surface area (Å²) >= 11 is 0. The highest BCUT2D eigenvalue weighted by Gasteiger charge is 2.69. The summed E-state index contributed by atoms with van der Waals surface area (Å²) in [6.45, 7) is 61.2. The molecule has 36 atom stereocenters. The van der Waals surface area contributed by atoms with Crippen molar-refractivity contribution in [2.75, 3.05) is 19.8 Å². The average molecular weight is 1700 g/mol. The summed E-state index contributed by atoms with van der Waals surface area (Å²) in [4.78, 5) is 32.5. The van der Waals surface area contributed by atoms with Crippen LogP contribution in [0.1, 0.15) is 258 Å². The molecule has 0 aromatic heterocycles. The summed E-state index contributed by atoms with van der Waals surface area (Å²) in [6.07, 6.45) is 24.8. The Morgan fingerprint density at radius 1 is 0.445 bits per heavy atom. The van der Waals surface area contributed by atoms with Crippen molar-refractivity contribution < 1.29 is 99.5 Å². The Morgan fingerprint density at radius 2 is 0.815 bits per heavy atom. The molecule has 16 aliphatic heterocycles. The first kappa shape index (κ1) is 96.8. The minimum atomic E-state index is -1.59. The number of rotatable bonds is 39. The molecular weight excluding hydrogens is 1550 g/mol. The molecule has 0 saturated carbocycles. The standard InChI is InChI=1S/C47H80O9Si.C47H78O8Si.2CO2/c1-11-36-32(9)39(22-28(5)27-49-57(12-2,13-3)14-4)52-41(36)25-40-31(8)29(6)23-34(51-40)17-18-37-30(7)24-35(50-37)19-20-47-26-42-44(56-47)46-45(54-42)43(55-47)33(10)38(53-46)16-15-21-48;1-12-17-38-33(11)43-45-46(52-38)44-42(53-45)26-47(54-43,55-44)21-20-35-24-30(8)37(49-35)19-18-34-23-29(7)31(9)40(50-34)25-41-36(13-2)32(10)39(51-41)22-28(6)27-48-56(14-3,15-4)16-5;2*2-1-3/h28-29,32-46,48H,7-8,11-27H2,1-6,9-10H3;12,28-29,32-46H,1,8-9,13-27H2,2-7,10-11H3;;/t2*28-,29+,32+,33-,34-,35-,36+,37?,38-,39+,40?,41-,42+,43-,44-,45-,46-,47+;;/m00../s1. The van der Waals surface area contributed by atoms with Crippen LogP contribution in [0.3, 0.4) is 0 Å². The number of hydrogen-bond acceptors (Lipinski definition) is 21. The molecule has 0 amide bonds. The largest absolute Gasteiger partial charge is 0.417 e. The molecule has 16 fully saturated rings. The van der Waals surface area contributed by atoms with Crippen molar-refractivity contribution in [2.24, 2.45) is 59.2 Å². The third kappa shape index (κ3) is 22.1. The normalized spacial score (nSPS) is 42.8. The van der Waals surface area contributed by atoms with Crippen LogP contribution in [0.2, 0.25) is 36.3 Å². The monoisotopic (exact) mass is 1700 g/mol. The van der Waals surface area contributed by atoms with E-state index in [2.05, 4.69) is 144 Å². The molecule has 1 N–H and O–H groups in total. The fourth-order valence-electron chi connectivity index (χ4n) is 24.0. The van der Waals surface area contributed by atoms with Gasteiger partial charge in [0.25, 0.3) is 0 Å². The Hall–Kier alpha value is -2.79. The van der Waals surface area contributed by atoms with Gasteiger partial charge in [0, 0.05) is 70.2 Å². The van der Waals surface area contributed by atoms with Crippen molar-refractivity contribution in [2.45, 2.75) is 453 Å². The molecule has 16 aliphatic rings. The highest BCUT2D eigenvalue weighted by Crippen LogP contribution is 2.57. The zero-order valence-electron chi connectivity index (χ0n) is 76.0. The first-order chi connectivity index (χ1) is 57.0. The minimum Gasteiger partial charge on any atom is -0.417 e. The molecule has 16 saturated heterocycles. The molecule has 21 nitrogen and oxygen atoms in total. The van der Waals surface area contributed by atoms with Gasteiger partial charge in [0.2, 0.25) is 0 Å². The van der Waals surface area contributed by atoms with E-state index in [0.29, 0.717) is 47.3 Å². The molecule has 119 heavy (non-hydrogen) atoms. The van der Waals surface area contributed by atoms with E-state index in [0.717, 1.165) is 161 Å². The lowest BCUT2D eigenvalue weighted by molar-refractivity contribution is -0.263. The molecular formula is C96H158O21Si2. The SMILES string of the molecule is C=C1C[C@H](CC[C@@]23C[C@H]4O[C@@H]5[C@@H](O[C@@H](CCCO)[C@H](C)[C@@H]5O2)[C@H]4O3)OC1CC[C@H]1C[C@@H](C)C(=C)C(C[C@@H]2O[C@H](C[C@H](C)CO[Si](CC)(CC)CC)[C@H](C)[C@H]2CC)O1.C=CC[C@@H]1O[C@@H]2[C@H]3O[C@@H]4C[C@@](CC[C@H]5CC(=C)C(CC[C@H]6C[C@@H](C)C(=C)C(C[C@@H]7O[C@H](C[C@H](C)CO[Si](CC)(CC)CC)[C@H](C)[C@H]7CC)O6)O5)(O[C@H]24)O[C@H]3[C@H]1C.O=C=O.O=C=O. The van der Waals surface area contributed by atoms with E-state index < -0.39 is 28.2 Å². The summed E-state index contributed by atoms with van der Waals surface area (Å²) < 4.78 is 108. The lowest BCUT2D eigenvalue weighted by Crippen LogP contribution is -2.54. The van der Waals surface area contributed by atoms with Gasteiger partial charge in [-0.1, -0.05) is 156 Å². The van der Waals surface area contributed by atoms with Crippen molar-refractivity contribution in [1.29, 1.82) is 0 Å². The number of aliphatic hydroxyl groups is 1. The summed E-state index contributed by atoms with van der Waals surface area (Å²) in [5.41, 5.74) is 4.87. The van der Waals surface area contributed by atoms with Crippen molar-refractivity contribution in [1.82, 2.24) is 0 Å². The van der Waals surface area contributed by atoms with E-state index in [4.69, 9.17) is 94.3 Å². The van der Waals surface area contributed by atoms with Crippen LogP contribution in [0.15, 0.2) is 61.3 Å². The maximum Gasteiger partial charge on any atom is 0.373 e. The molecule has 0 aliphatic carbocycles. The van der Waals surface area contributed by atoms with Gasteiger partial charge in [0.1, 0.15) is 36.6 Å². The van der Waals surface area contributed by atoms with Crippen LogP contribution >= 0.6 is 0 Å². The van der Waals surface area contributed by atoms with Gasteiger partial charge in [-0.2, -0.15) is 19.2 Å². The van der Waals surface area contributed by atoms with E-state index in [1.807, 2.05) is 6.08 Å². The topological polar surface area (TPSA) is 236 Å². The van der Waals surface area contributed by atoms with E-state index in [9.17, 15) is 5.11 Å². The van der Waals surface area contributed by atoms with Crippen molar-refractivity contribution in [3.63, 3.8) is 0 Å². The Balaban J connectivity index is 0.000000219. The number of carbonyl (C=O) groups excluding carboxylic acids is 4. The van der Waals surface area contributed by atoms with Crippen LogP contribution in [0.4, 0.5) is 0 Å². The van der Waals surface area contributed by atoms with Gasteiger partial charge in [-0.3, -0.25) is 0 Å². The van der Waals surface area contributed by atoms with E-state index >= 15 is 0 Å². The summed E-state index contributed by atoms with van der Waals surface area (Å²) in [6, 6.07) is 7.21. The second-order valence-corrected chi connectivity index (χ2v) is 48.9. The molecule has 0 radical (unpaired) electrons. The minimum absolute atomic E-state index is 0.0134. The predicted octanol–water partition coefficient (Wildman–Crippen LogP) is 18.2. The zero-order valence-corrected chi connectivity index (χ0v) is 78.0. The quantitative estimate of drug-likeness (QED) is 0.0445. The van der Waals surface area contributed by atoms with E-state index in [1.165, 1.54) is 58.6 Å². The molecule has 676 valence electrons. The lowest BCUT2D eigenvalue weighted by Gasteiger charge is -2.42. The second-order valence-electron chi connectivity index (χ2n) is 39.3. The van der Waals surface area contributed by atoms with Gasteiger partial charge in [-0.05, 0) is 202 Å². The molecule has 0 aromatic carbocycles. The first-order valence-electron chi connectivity index (χ1n) is 47.5. The number of hydrogen-bond donors (Lipinski definition) is 1. The average Bonchev–Trinajstić information content (AvgIpc) is 1.56. The van der Waals surface area contributed by atoms with Gasteiger partial charge < -0.3 is 80.3 Å². The first-order valence-corrected chi connectivity index (χ1v) is 52.6. The van der Waals surface area contributed by atoms with Crippen molar-refractivity contribution in [3.8, 4) is 0 Å². The van der Waals surface area contributed by atoms with Crippen LogP contribution in [-0.4, -0.2) is 212 Å². The summed E-state index contributed by atoms with van der Waals surface area (Å²) in [7, 11) is -3.17. The molecule has 12 bridgehead atoms. The fraction of sp³-hybridized carbons (Fsp3) is 0.875. The lowest BCUT2D eigenvalue weighted by atomic mass is 9.80. The van der Waals surface area contributed by atoms with Gasteiger partial charge in [-0.15, -0.1) is 6.58 Å². The molecule has 16 rings (SSSR count). The predicted molar refractivity (Wildman–Crippen MR) is 460 cm³/mol. The van der Waals surface area contributed by atoms with Crippen LogP contribution in [0.5, 0.6) is 0 Å². The van der Waals surface area contributed by atoms with Gasteiger partial charge >= 0.3 is 12.3 Å². The maximum absolute atomic E-state index is 9.46. The zero-order chi connectivity index (χ0) is 86.0. The Kier molecular flexibility index (Phi) is 35.3. The third-order valence-corrected chi connectivity index (χ3v) is 41.3. The molecule has 0 aromatic rings. The smallest absolute Gasteiger partial charge is 0.373 e. The Morgan fingerprint density at radius 3 is 1.19 bits per heavy atom.